The number of aromatic amines is 1. The van der Waals surface area contributed by atoms with Crippen LogP contribution in [0.5, 0.6) is 5.75 Å². The number of hydrogen-bond acceptors (Lipinski definition) is 6. The van der Waals surface area contributed by atoms with Gasteiger partial charge in [-0.05, 0) is 31.0 Å². The summed E-state index contributed by atoms with van der Waals surface area (Å²) >= 11 is 6.07. The highest BCUT2D eigenvalue weighted by Crippen LogP contribution is 2.33. The van der Waals surface area contributed by atoms with Gasteiger partial charge in [-0.15, -0.1) is 0 Å². The summed E-state index contributed by atoms with van der Waals surface area (Å²) in [6.07, 6.45) is 6.68. The van der Waals surface area contributed by atoms with Crippen LogP contribution in [-0.2, 0) is 0 Å². The largest absolute Gasteiger partial charge is 0.495 e. The summed E-state index contributed by atoms with van der Waals surface area (Å²) < 4.78 is 5.60. The summed E-state index contributed by atoms with van der Waals surface area (Å²) in [5, 5.41) is 8.67. The smallest absolute Gasteiger partial charge is 0.259 e. The van der Waals surface area contributed by atoms with Gasteiger partial charge in [0.25, 0.3) is 5.91 Å². The molecule has 8 nitrogen and oxygen atoms in total. The molecule has 0 aliphatic carbocycles. The number of hydrogen-bond donors (Lipinski definition) is 1. The van der Waals surface area contributed by atoms with Crippen LogP contribution >= 0.6 is 11.6 Å². The molecule has 4 heterocycles. The van der Waals surface area contributed by atoms with Gasteiger partial charge in [-0.3, -0.25) is 14.9 Å². The molecule has 1 amide bonds. The Morgan fingerprint density at radius 3 is 3.00 bits per heavy atom. The number of nitrogens with zero attached hydrogens (tertiary/aromatic N) is 5. The summed E-state index contributed by atoms with van der Waals surface area (Å²) in [5.41, 5.74) is 3.42. The maximum Gasteiger partial charge on any atom is 0.259 e. The number of likely N-dealkylation sites (tertiary alicyclic amines) is 1. The molecule has 0 saturated carbocycles. The minimum Gasteiger partial charge on any atom is -0.495 e. The number of rotatable bonds is 3. The Bertz CT molecular complexity index is 1260. The van der Waals surface area contributed by atoms with Crippen LogP contribution in [0.15, 0.2) is 36.8 Å². The van der Waals surface area contributed by atoms with Crippen LogP contribution in [0.25, 0.3) is 22.1 Å². The molecule has 1 aliphatic heterocycles. The molecule has 9 heteroatoms. The molecular formula is C21H19ClN6O2. The van der Waals surface area contributed by atoms with E-state index in [9.17, 15) is 4.79 Å². The van der Waals surface area contributed by atoms with E-state index in [-0.39, 0.29) is 11.8 Å². The Morgan fingerprint density at radius 1 is 1.27 bits per heavy atom. The number of fused-ring (bicyclic) bond motifs is 2. The van der Waals surface area contributed by atoms with Gasteiger partial charge < -0.3 is 9.64 Å². The average molecular weight is 423 g/mol. The van der Waals surface area contributed by atoms with Crippen molar-refractivity contribution in [2.24, 2.45) is 0 Å². The molecule has 0 radical (unpaired) electrons. The van der Waals surface area contributed by atoms with Crippen LogP contribution in [0.3, 0.4) is 0 Å². The second-order valence-electron chi connectivity index (χ2n) is 7.32. The molecule has 0 unspecified atom stereocenters. The van der Waals surface area contributed by atoms with Crippen molar-refractivity contribution >= 4 is 39.6 Å². The first-order valence-corrected chi connectivity index (χ1v) is 10.1. The van der Waals surface area contributed by atoms with E-state index in [1.165, 1.54) is 0 Å². The molecular weight excluding hydrogens is 404 g/mol. The molecule has 1 atom stereocenters. The van der Waals surface area contributed by atoms with E-state index < -0.39 is 0 Å². The Hall–Kier alpha value is -3.26. The Balaban J connectivity index is 1.47. The zero-order valence-electron chi connectivity index (χ0n) is 16.3. The fourth-order valence-corrected chi connectivity index (χ4v) is 4.30. The van der Waals surface area contributed by atoms with Crippen molar-refractivity contribution in [2.45, 2.75) is 18.8 Å². The first-order valence-electron chi connectivity index (χ1n) is 9.72. The number of amides is 1. The first kappa shape index (κ1) is 18.7. The van der Waals surface area contributed by atoms with Gasteiger partial charge in [-0.2, -0.15) is 5.10 Å². The summed E-state index contributed by atoms with van der Waals surface area (Å²) in [4.78, 5) is 28.3. The van der Waals surface area contributed by atoms with Crippen molar-refractivity contribution in [3.63, 3.8) is 0 Å². The summed E-state index contributed by atoms with van der Waals surface area (Å²) in [6, 6.07) is 5.35. The summed E-state index contributed by atoms with van der Waals surface area (Å²) in [7, 11) is 1.56. The van der Waals surface area contributed by atoms with Gasteiger partial charge in [-0.25, -0.2) is 9.97 Å². The fourth-order valence-electron chi connectivity index (χ4n) is 4.13. The molecule has 1 aromatic carbocycles. The standard InChI is InChI=1S/C21H19ClN6O2/c1-30-19-14-5-4-13(22)9-16(14)25-10-15(19)21(29)28-8-2-3-12(11-28)17-18-20(27-26-17)24-7-6-23-18/h4-7,9-10,12H,2-3,8,11H2,1H3,(H,24,26,27)/t12-/m1/s1. The topological polar surface area (TPSA) is 96.9 Å². The van der Waals surface area contributed by atoms with Gasteiger partial charge in [0, 0.05) is 48.0 Å². The van der Waals surface area contributed by atoms with Crippen molar-refractivity contribution in [1.29, 1.82) is 0 Å². The number of nitrogens with one attached hydrogen (secondary N) is 1. The number of halogens is 1. The maximum absolute atomic E-state index is 13.4. The lowest BCUT2D eigenvalue weighted by molar-refractivity contribution is 0.0702. The molecule has 5 rings (SSSR count). The number of methoxy groups -OCH3 is 1. The molecule has 1 aliphatic rings. The van der Waals surface area contributed by atoms with Crippen molar-refractivity contribution < 1.29 is 9.53 Å². The van der Waals surface area contributed by atoms with Crippen LogP contribution in [0.1, 0.15) is 34.8 Å². The molecule has 3 aromatic heterocycles. The number of H-pyrrole nitrogens is 1. The van der Waals surface area contributed by atoms with Crippen LogP contribution < -0.4 is 4.74 Å². The SMILES string of the molecule is COc1c(C(=O)N2CCC[C@@H](c3[nH]nc4nccnc34)C2)cnc2cc(Cl)ccc12. The zero-order chi connectivity index (χ0) is 20.7. The predicted octanol–water partition coefficient (Wildman–Crippen LogP) is 3.58. The van der Waals surface area contributed by atoms with Crippen molar-refractivity contribution in [3.05, 3.63) is 53.1 Å². The van der Waals surface area contributed by atoms with Gasteiger partial charge in [0.05, 0.1) is 18.3 Å². The van der Waals surface area contributed by atoms with Gasteiger partial charge in [0.1, 0.15) is 16.8 Å². The highest BCUT2D eigenvalue weighted by Gasteiger charge is 2.30. The number of carbonyl (C=O) groups excluding carboxylic acids is 1. The first-order chi connectivity index (χ1) is 14.7. The number of pyridine rings is 1. The number of aromatic nitrogens is 5. The maximum atomic E-state index is 13.4. The predicted molar refractivity (Wildman–Crippen MR) is 113 cm³/mol. The lowest BCUT2D eigenvalue weighted by atomic mass is 9.93. The van der Waals surface area contributed by atoms with Gasteiger partial charge in [0.2, 0.25) is 0 Å². The van der Waals surface area contributed by atoms with E-state index in [1.54, 1.807) is 37.8 Å². The fraction of sp³-hybridized carbons (Fsp3) is 0.286. The van der Waals surface area contributed by atoms with E-state index in [2.05, 4.69) is 25.1 Å². The molecule has 4 aromatic rings. The third-order valence-electron chi connectivity index (χ3n) is 5.55. The zero-order valence-corrected chi connectivity index (χ0v) is 17.1. The van der Waals surface area contributed by atoms with Gasteiger partial charge >= 0.3 is 0 Å². The normalized spacial score (nSPS) is 16.9. The molecule has 1 fully saturated rings. The van der Waals surface area contributed by atoms with E-state index in [0.29, 0.717) is 40.6 Å². The number of ether oxygens (including phenoxy) is 1. The van der Waals surface area contributed by atoms with Crippen LogP contribution in [0, 0.1) is 0 Å². The lowest BCUT2D eigenvalue weighted by Gasteiger charge is -2.32. The van der Waals surface area contributed by atoms with E-state index in [1.807, 2.05) is 11.0 Å². The highest BCUT2D eigenvalue weighted by atomic mass is 35.5. The minimum atomic E-state index is -0.101. The monoisotopic (exact) mass is 422 g/mol. The highest BCUT2D eigenvalue weighted by molar-refractivity contribution is 6.31. The molecule has 30 heavy (non-hydrogen) atoms. The van der Waals surface area contributed by atoms with Crippen molar-refractivity contribution in [2.75, 3.05) is 20.2 Å². The van der Waals surface area contributed by atoms with Crippen LogP contribution in [-0.4, -0.2) is 56.2 Å². The van der Waals surface area contributed by atoms with E-state index >= 15 is 0 Å². The summed E-state index contributed by atoms with van der Waals surface area (Å²) in [6.45, 7) is 1.24. The molecule has 152 valence electrons. The molecule has 0 bridgehead atoms. The second-order valence-corrected chi connectivity index (χ2v) is 7.76. The van der Waals surface area contributed by atoms with Crippen molar-refractivity contribution in [1.82, 2.24) is 30.0 Å². The number of carbonyl (C=O) groups is 1. The second kappa shape index (κ2) is 7.53. The minimum absolute atomic E-state index is 0.101. The third kappa shape index (κ3) is 3.13. The Labute approximate surface area is 177 Å². The molecule has 0 spiro atoms. The molecule has 1 N–H and O–H groups in total. The summed E-state index contributed by atoms with van der Waals surface area (Å²) in [5.74, 6) is 0.528. The van der Waals surface area contributed by atoms with Gasteiger partial charge in [-0.1, -0.05) is 11.6 Å². The van der Waals surface area contributed by atoms with Crippen molar-refractivity contribution in [3.8, 4) is 5.75 Å². The van der Waals surface area contributed by atoms with Crippen LogP contribution in [0.4, 0.5) is 0 Å². The Morgan fingerprint density at radius 2 is 2.13 bits per heavy atom. The van der Waals surface area contributed by atoms with E-state index in [0.717, 1.165) is 29.4 Å². The van der Waals surface area contributed by atoms with Gasteiger partial charge in [0.15, 0.2) is 5.65 Å². The third-order valence-corrected chi connectivity index (χ3v) is 5.78. The lowest BCUT2D eigenvalue weighted by Crippen LogP contribution is -2.39. The average Bonchev–Trinajstić information content (AvgIpc) is 3.22. The number of piperidine rings is 1. The molecule has 1 saturated heterocycles. The van der Waals surface area contributed by atoms with E-state index in [4.69, 9.17) is 16.3 Å². The quantitative estimate of drug-likeness (QED) is 0.542. The Kier molecular flexibility index (Phi) is 4.71. The van der Waals surface area contributed by atoms with Crippen LogP contribution in [0.2, 0.25) is 5.02 Å². The number of benzene rings is 1.